The van der Waals surface area contributed by atoms with Gasteiger partial charge in [0.25, 0.3) is 5.91 Å². The third kappa shape index (κ3) is 2.67. The maximum Gasteiger partial charge on any atom is 0.262 e. The van der Waals surface area contributed by atoms with Crippen LogP contribution in [-0.2, 0) is 4.79 Å². The molecule has 0 aliphatic carbocycles. The highest BCUT2D eigenvalue weighted by Gasteiger charge is 2.20. The van der Waals surface area contributed by atoms with Gasteiger partial charge in [0.2, 0.25) is 0 Å². The van der Waals surface area contributed by atoms with Crippen molar-refractivity contribution < 1.29 is 4.79 Å². The fraction of sp³-hybridized carbons (Fsp3) is 0. The fourth-order valence-electron chi connectivity index (χ4n) is 1.85. The summed E-state index contributed by atoms with van der Waals surface area (Å²) in [6, 6.07) is 15.2. The third-order valence-corrected chi connectivity index (χ3v) is 4.06. The Labute approximate surface area is 120 Å². The number of anilines is 1. The number of halogens is 1. The van der Waals surface area contributed by atoms with E-state index in [0.29, 0.717) is 9.93 Å². The van der Waals surface area contributed by atoms with Gasteiger partial charge in [0.15, 0.2) is 0 Å². The van der Waals surface area contributed by atoms with E-state index in [1.165, 1.54) is 11.8 Å². The molecular formula is C15H10ClNOS. The maximum atomic E-state index is 12.0. The Hall–Kier alpha value is -1.71. The summed E-state index contributed by atoms with van der Waals surface area (Å²) in [6.45, 7) is 0. The Morgan fingerprint density at radius 2 is 1.95 bits per heavy atom. The van der Waals surface area contributed by atoms with Crippen LogP contribution in [0.3, 0.4) is 0 Å². The predicted molar refractivity (Wildman–Crippen MR) is 80.4 cm³/mol. The van der Waals surface area contributed by atoms with Crippen molar-refractivity contribution in [2.45, 2.75) is 4.90 Å². The molecule has 0 saturated heterocycles. The normalized spacial score (nSPS) is 16.1. The molecule has 0 fully saturated rings. The number of hydrogen-bond donors (Lipinski definition) is 1. The van der Waals surface area contributed by atoms with Crippen LogP contribution in [0.1, 0.15) is 5.56 Å². The lowest BCUT2D eigenvalue weighted by Gasteiger charge is -2.18. The van der Waals surface area contributed by atoms with Gasteiger partial charge in [-0.3, -0.25) is 4.79 Å². The number of hydrogen-bond acceptors (Lipinski definition) is 2. The number of thioether (sulfide) groups is 1. The number of amides is 1. The lowest BCUT2D eigenvalue weighted by Crippen LogP contribution is -2.16. The largest absolute Gasteiger partial charge is 0.320 e. The Kier molecular flexibility index (Phi) is 3.32. The summed E-state index contributed by atoms with van der Waals surface area (Å²) in [4.78, 5) is 13.7. The van der Waals surface area contributed by atoms with Crippen LogP contribution in [0.5, 0.6) is 0 Å². The van der Waals surface area contributed by atoms with Gasteiger partial charge in [0.05, 0.1) is 10.6 Å². The van der Waals surface area contributed by atoms with E-state index in [0.717, 1.165) is 16.1 Å². The van der Waals surface area contributed by atoms with E-state index in [-0.39, 0.29) is 5.91 Å². The van der Waals surface area contributed by atoms with Gasteiger partial charge in [-0.05, 0) is 35.9 Å². The first-order chi connectivity index (χ1) is 9.22. The minimum atomic E-state index is -0.0799. The highest BCUT2D eigenvalue weighted by atomic mass is 35.5. The van der Waals surface area contributed by atoms with Crippen LogP contribution in [-0.4, -0.2) is 5.91 Å². The first-order valence-electron chi connectivity index (χ1n) is 5.78. The Bertz CT molecular complexity index is 681. The fourth-order valence-corrected chi connectivity index (χ4v) is 3.00. The standard InChI is InChI=1S/C15H10ClNOS/c16-11-5-3-4-10(8-11)9-14-15(18)17-12-6-1-2-7-13(12)19-14/h1-9H,(H,17,18). The number of carbonyl (C=O) groups excluding carboxylic acids is 1. The predicted octanol–water partition coefficient (Wildman–Crippen LogP) is 4.43. The minimum absolute atomic E-state index is 0.0799. The summed E-state index contributed by atoms with van der Waals surface area (Å²) >= 11 is 7.42. The van der Waals surface area contributed by atoms with Gasteiger partial charge in [-0.15, -0.1) is 0 Å². The number of benzene rings is 2. The highest BCUT2D eigenvalue weighted by Crippen LogP contribution is 2.38. The van der Waals surface area contributed by atoms with E-state index >= 15 is 0 Å². The zero-order valence-corrected chi connectivity index (χ0v) is 11.5. The molecule has 1 amide bonds. The van der Waals surface area contributed by atoms with Crippen molar-refractivity contribution in [1.82, 2.24) is 0 Å². The minimum Gasteiger partial charge on any atom is -0.320 e. The van der Waals surface area contributed by atoms with Crippen LogP contribution in [0.25, 0.3) is 6.08 Å². The van der Waals surface area contributed by atoms with E-state index in [1.54, 1.807) is 0 Å². The van der Waals surface area contributed by atoms with Gasteiger partial charge in [-0.25, -0.2) is 0 Å². The van der Waals surface area contributed by atoms with Crippen molar-refractivity contribution in [3.05, 3.63) is 64.0 Å². The average Bonchev–Trinajstić information content (AvgIpc) is 2.40. The third-order valence-electron chi connectivity index (χ3n) is 2.73. The van der Waals surface area contributed by atoms with Crippen LogP contribution in [0.15, 0.2) is 58.3 Å². The van der Waals surface area contributed by atoms with E-state index < -0.39 is 0 Å². The smallest absolute Gasteiger partial charge is 0.262 e. The average molecular weight is 288 g/mol. The molecule has 3 rings (SSSR count). The van der Waals surface area contributed by atoms with Gasteiger partial charge in [-0.1, -0.05) is 47.6 Å². The van der Waals surface area contributed by atoms with Crippen molar-refractivity contribution in [2.75, 3.05) is 5.32 Å². The van der Waals surface area contributed by atoms with Crippen LogP contribution >= 0.6 is 23.4 Å². The summed E-state index contributed by atoms with van der Waals surface area (Å²) in [6.07, 6.45) is 1.85. The highest BCUT2D eigenvalue weighted by molar-refractivity contribution is 8.04. The molecule has 2 nitrogen and oxygen atoms in total. The van der Waals surface area contributed by atoms with Crippen LogP contribution in [0.4, 0.5) is 5.69 Å². The monoisotopic (exact) mass is 287 g/mol. The van der Waals surface area contributed by atoms with Crippen molar-refractivity contribution in [1.29, 1.82) is 0 Å². The zero-order valence-electron chi connectivity index (χ0n) is 9.89. The van der Waals surface area contributed by atoms with Crippen molar-refractivity contribution >= 4 is 41.0 Å². The lowest BCUT2D eigenvalue weighted by atomic mass is 10.2. The molecule has 0 saturated carbocycles. The van der Waals surface area contributed by atoms with Gasteiger partial charge in [0.1, 0.15) is 0 Å². The van der Waals surface area contributed by atoms with Gasteiger partial charge in [0, 0.05) is 9.92 Å². The van der Waals surface area contributed by atoms with E-state index in [1.807, 2.05) is 54.6 Å². The van der Waals surface area contributed by atoms with E-state index in [4.69, 9.17) is 11.6 Å². The molecule has 4 heteroatoms. The van der Waals surface area contributed by atoms with Gasteiger partial charge in [-0.2, -0.15) is 0 Å². The molecule has 19 heavy (non-hydrogen) atoms. The molecule has 2 aromatic carbocycles. The number of nitrogens with one attached hydrogen (secondary N) is 1. The van der Waals surface area contributed by atoms with Crippen molar-refractivity contribution in [3.63, 3.8) is 0 Å². The molecule has 0 aromatic heterocycles. The molecule has 0 spiro atoms. The molecular weight excluding hydrogens is 278 g/mol. The second-order valence-electron chi connectivity index (χ2n) is 4.12. The lowest BCUT2D eigenvalue weighted by molar-refractivity contribution is -0.112. The summed E-state index contributed by atoms with van der Waals surface area (Å²) in [5.74, 6) is -0.0799. The van der Waals surface area contributed by atoms with Crippen LogP contribution in [0.2, 0.25) is 5.02 Å². The summed E-state index contributed by atoms with van der Waals surface area (Å²) in [5.41, 5.74) is 1.78. The first-order valence-corrected chi connectivity index (χ1v) is 6.97. The Balaban J connectivity index is 1.96. The Morgan fingerprint density at radius 1 is 1.11 bits per heavy atom. The first kappa shape index (κ1) is 12.3. The molecule has 0 unspecified atom stereocenters. The quantitative estimate of drug-likeness (QED) is 0.786. The summed E-state index contributed by atoms with van der Waals surface area (Å²) in [5, 5.41) is 3.55. The molecule has 94 valence electrons. The molecule has 0 atom stereocenters. The molecule has 1 N–H and O–H groups in total. The molecule has 2 aromatic rings. The molecule has 0 bridgehead atoms. The number of carbonyl (C=O) groups is 1. The molecule has 1 aliphatic rings. The molecule has 1 aliphatic heterocycles. The summed E-state index contributed by atoms with van der Waals surface area (Å²) in [7, 11) is 0. The maximum absolute atomic E-state index is 12.0. The second-order valence-corrected chi connectivity index (χ2v) is 5.64. The van der Waals surface area contributed by atoms with E-state index in [9.17, 15) is 4.79 Å². The molecule has 1 heterocycles. The van der Waals surface area contributed by atoms with E-state index in [2.05, 4.69) is 5.32 Å². The molecule has 0 radical (unpaired) electrons. The topological polar surface area (TPSA) is 29.1 Å². The summed E-state index contributed by atoms with van der Waals surface area (Å²) < 4.78 is 0. The van der Waals surface area contributed by atoms with Crippen molar-refractivity contribution in [3.8, 4) is 0 Å². The van der Waals surface area contributed by atoms with Crippen LogP contribution in [0, 0.1) is 0 Å². The second kappa shape index (κ2) is 5.11. The number of para-hydroxylation sites is 1. The van der Waals surface area contributed by atoms with Gasteiger partial charge < -0.3 is 5.32 Å². The number of rotatable bonds is 1. The Morgan fingerprint density at radius 3 is 2.79 bits per heavy atom. The number of fused-ring (bicyclic) bond motifs is 1. The van der Waals surface area contributed by atoms with Crippen LogP contribution < -0.4 is 5.32 Å². The SMILES string of the molecule is O=C1Nc2ccccc2SC1=Cc1cccc(Cl)c1. The van der Waals surface area contributed by atoms with Crippen molar-refractivity contribution in [2.24, 2.45) is 0 Å². The van der Waals surface area contributed by atoms with Gasteiger partial charge >= 0.3 is 0 Å². The zero-order chi connectivity index (χ0) is 13.2.